The molecule has 1 aliphatic rings. The highest BCUT2D eigenvalue weighted by Crippen LogP contribution is 2.24. The molecule has 1 unspecified atom stereocenters. The summed E-state index contributed by atoms with van der Waals surface area (Å²) in [7, 11) is -2.00. The quantitative estimate of drug-likeness (QED) is 0.927. The number of hydrogen-bond donors (Lipinski definition) is 1. The Morgan fingerprint density at radius 1 is 1.47 bits per heavy atom. The van der Waals surface area contributed by atoms with E-state index in [1.165, 1.54) is 16.4 Å². The number of nitrogens with zero attached hydrogens (tertiary/aromatic N) is 1. The monoisotopic (exact) mass is 306 g/mol. The Hall–Kier alpha value is -0.690. The van der Waals surface area contributed by atoms with Crippen LogP contribution in [0.5, 0.6) is 0 Å². The maximum atomic E-state index is 13.8. The van der Waals surface area contributed by atoms with Gasteiger partial charge >= 0.3 is 0 Å². The second-order valence-electron chi connectivity index (χ2n) is 4.57. The van der Waals surface area contributed by atoms with Crippen LogP contribution < -0.4 is 5.32 Å². The lowest BCUT2D eigenvalue weighted by atomic mass is 10.1. The van der Waals surface area contributed by atoms with Gasteiger partial charge in [0, 0.05) is 24.2 Å². The first-order valence-corrected chi connectivity index (χ1v) is 7.89. The first-order chi connectivity index (χ1) is 8.95. The zero-order valence-electron chi connectivity index (χ0n) is 10.6. The highest BCUT2D eigenvalue weighted by molar-refractivity contribution is 7.89. The van der Waals surface area contributed by atoms with Crippen LogP contribution in [0.3, 0.4) is 0 Å². The summed E-state index contributed by atoms with van der Waals surface area (Å²) in [4.78, 5) is -0.311. The fourth-order valence-corrected chi connectivity index (χ4v) is 3.95. The number of hydrogen-bond acceptors (Lipinski definition) is 3. The first-order valence-electron chi connectivity index (χ1n) is 6.07. The molecule has 1 fully saturated rings. The van der Waals surface area contributed by atoms with E-state index >= 15 is 0 Å². The maximum absolute atomic E-state index is 13.8. The van der Waals surface area contributed by atoms with E-state index in [1.807, 2.05) is 0 Å². The first kappa shape index (κ1) is 14.7. The van der Waals surface area contributed by atoms with Gasteiger partial charge < -0.3 is 5.32 Å². The fraction of sp³-hybridized carbons (Fsp3) is 0.500. The van der Waals surface area contributed by atoms with Crippen molar-refractivity contribution in [3.05, 3.63) is 29.0 Å². The van der Waals surface area contributed by atoms with Gasteiger partial charge in [0.1, 0.15) is 10.7 Å². The smallest absolute Gasteiger partial charge is 0.246 e. The van der Waals surface area contributed by atoms with Gasteiger partial charge in [-0.1, -0.05) is 11.6 Å². The number of sulfonamides is 1. The van der Waals surface area contributed by atoms with Crippen molar-refractivity contribution in [2.45, 2.75) is 23.8 Å². The third-order valence-electron chi connectivity index (χ3n) is 3.30. The van der Waals surface area contributed by atoms with Gasteiger partial charge in [0.25, 0.3) is 0 Å². The van der Waals surface area contributed by atoms with E-state index in [1.54, 1.807) is 7.05 Å². The molecule has 0 aromatic heterocycles. The lowest BCUT2D eigenvalue weighted by molar-refractivity contribution is 0.292. The number of nitrogens with one attached hydrogen (secondary N) is 1. The number of benzene rings is 1. The summed E-state index contributed by atoms with van der Waals surface area (Å²) in [5, 5.41) is 3.24. The van der Waals surface area contributed by atoms with Crippen LogP contribution in [0.1, 0.15) is 12.8 Å². The normalized spacial score (nSPS) is 21.5. The van der Waals surface area contributed by atoms with Crippen molar-refractivity contribution < 1.29 is 12.8 Å². The molecule has 0 bridgehead atoms. The zero-order valence-corrected chi connectivity index (χ0v) is 12.1. The minimum absolute atomic E-state index is 0.110. The molecule has 0 saturated carbocycles. The molecule has 1 aromatic carbocycles. The van der Waals surface area contributed by atoms with Crippen LogP contribution in [0, 0.1) is 5.82 Å². The molecule has 4 nitrogen and oxygen atoms in total. The molecule has 2 rings (SSSR count). The van der Waals surface area contributed by atoms with Crippen LogP contribution in [0.15, 0.2) is 23.1 Å². The molecule has 0 spiro atoms. The van der Waals surface area contributed by atoms with Gasteiger partial charge in [0.05, 0.1) is 0 Å². The van der Waals surface area contributed by atoms with Gasteiger partial charge in [-0.25, -0.2) is 12.8 Å². The molecule has 106 valence electrons. The number of halogens is 2. The fourth-order valence-electron chi connectivity index (χ4n) is 2.22. The van der Waals surface area contributed by atoms with Crippen LogP contribution in [-0.4, -0.2) is 38.9 Å². The molecule has 1 heterocycles. The minimum Gasteiger partial charge on any atom is -0.316 e. The molecule has 0 amide bonds. The van der Waals surface area contributed by atoms with Crippen LogP contribution in [-0.2, 0) is 10.0 Å². The lowest BCUT2D eigenvalue weighted by Crippen LogP contribution is -2.47. The Labute approximate surface area is 117 Å². The molecular formula is C12H16ClFN2O2S. The third-order valence-corrected chi connectivity index (χ3v) is 5.44. The van der Waals surface area contributed by atoms with Gasteiger partial charge in [-0.05, 0) is 38.1 Å². The summed E-state index contributed by atoms with van der Waals surface area (Å²) in [5.74, 6) is -0.806. The van der Waals surface area contributed by atoms with Crippen molar-refractivity contribution in [1.82, 2.24) is 9.62 Å². The number of rotatable bonds is 3. The standard InChI is InChI=1S/C12H16ClFN2O2S/c1-15-10-3-2-6-16(8-10)19(17,18)12-5-4-9(13)7-11(12)14/h4-5,7,10,15H,2-3,6,8H2,1H3. The molecule has 19 heavy (non-hydrogen) atoms. The third kappa shape index (κ3) is 3.08. The summed E-state index contributed by atoms with van der Waals surface area (Å²) >= 11 is 5.64. The SMILES string of the molecule is CNC1CCCN(S(=O)(=O)c2ccc(Cl)cc2F)C1. The molecule has 0 aliphatic carbocycles. The van der Waals surface area contributed by atoms with Gasteiger partial charge in [-0.3, -0.25) is 0 Å². The van der Waals surface area contributed by atoms with Crippen LogP contribution in [0.2, 0.25) is 5.02 Å². The molecule has 7 heteroatoms. The largest absolute Gasteiger partial charge is 0.316 e. The van der Waals surface area contributed by atoms with E-state index in [0.717, 1.165) is 18.9 Å². The van der Waals surface area contributed by atoms with Crippen molar-refractivity contribution in [3.8, 4) is 0 Å². The second-order valence-corrected chi connectivity index (χ2v) is 6.91. The number of piperidine rings is 1. The van der Waals surface area contributed by atoms with E-state index < -0.39 is 15.8 Å². The minimum atomic E-state index is -3.79. The molecule has 1 saturated heterocycles. The van der Waals surface area contributed by atoms with Crippen molar-refractivity contribution >= 4 is 21.6 Å². The average molecular weight is 307 g/mol. The van der Waals surface area contributed by atoms with Gasteiger partial charge in [-0.2, -0.15) is 4.31 Å². The summed E-state index contributed by atoms with van der Waals surface area (Å²) < 4.78 is 39.9. The predicted molar refractivity (Wildman–Crippen MR) is 72.3 cm³/mol. The van der Waals surface area contributed by atoms with E-state index in [9.17, 15) is 12.8 Å². The Bertz CT molecular complexity index is 565. The summed E-state index contributed by atoms with van der Waals surface area (Å²) in [6, 6.07) is 3.74. The topological polar surface area (TPSA) is 49.4 Å². The van der Waals surface area contributed by atoms with E-state index in [2.05, 4.69) is 5.32 Å². The van der Waals surface area contributed by atoms with E-state index in [-0.39, 0.29) is 16.0 Å². The predicted octanol–water partition coefficient (Wildman–Crippen LogP) is 1.85. The van der Waals surface area contributed by atoms with Crippen LogP contribution >= 0.6 is 11.6 Å². The average Bonchev–Trinajstić information content (AvgIpc) is 2.38. The Morgan fingerprint density at radius 3 is 2.84 bits per heavy atom. The molecule has 0 radical (unpaired) electrons. The molecular weight excluding hydrogens is 291 g/mol. The van der Waals surface area contributed by atoms with Crippen LogP contribution in [0.4, 0.5) is 4.39 Å². The Kier molecular flexibility index (Phi) is 4.45. The lowest BCUT2D eigenvalue weighted by Gasteiger charge is -2.31. The Balaban J connectivity index is 2.31. The molecule has 1 aromatic rings. The van der Waals surface area contributed by atoms with Crippen molar-refractivity contribution in [2.24, 2.45) is 0 Å². The highest BCUT2D eigenvalue weighted by Gasteiger charge is 2.31. The van der Waals surface area contributed by atoms with Crippen molar-refractivity contribution in [1.29, 1.82) is 0 Å². The van der Waals surface area contributed by atoms with E-state index in [4.69, 9.17) is 11.6 Å². The van der Waals surface area contributed by atoms with Gasteiger partial charge in [0.15, 0.2) is 0 Å². The maximum Gasteiger partial charge on any atom is 0.246 e. The zero-order chi connectivity index (χ0) is 14.0. The number of likely N-dealkylation sites (N-methyl/N-ethyl adjacent to an activating group) is 1. The second kappa shape index (κ2) is 5.75. The highest BCUT2D eigenvalue weighted by atomic mass is 35.5. The summed E-state index contributed by atoms with van der Waals surface area (Å²) in [6.45, 7) is 0.781. The van der Waals surface area contributed by atoms with Gasteiger partial charge in [0.2, 0.25) is 10.0 Å². The molecule has 1 aliphatic heterocycles. The summed E-state index contributed by atoms with van der Waals surface area (Å²) in [5.41, 5.74) is 0. The van der Waals surface area contributed by atoms with Crippen molar-refractivity contribution in [2.75, 3.05) is 20.1 Å². The molecule has 1 N–H and O–H groups in total. The Morgan fingerprint density at radius 2 is 2.21 bits per heavy atom. The summed E-state index contributed by atoms with van der Waals surface area (Å²) in [6.07, 6.45) is 1.69. The van der Waals surface area contributed by atoms with Gasteiger partial charge in [-0.15, -0.1) is 0 Å². The van der Waals surface area contributed by atoms with Crippen molar-refractivity contribution in [3.63, 3.8) is 0 Å². The van der Waals surface area contributed by atoms with Crippen LogP contribution in [0.25, 0.3) is 0 Å². The van der Waals surface area contributed by atoms with E-state index in [0.29, 0.717) is 13.1 Å². The molecule has 1 atom stereocenters.